The number of hydrogen-bond donors (Lipinski definition) is 3. The van der Waals surface area contributed by atoms with Crippen LogP contribution in [0.25, 0.3) is 10.8 Å². The molecule has 0 spiro atoms. The molecule has 0 saturated carbocycles. The number of rotatable bonds is 4. The molecule has 0 amide bonds. The third kappa shape index (κ3) is 3.10. The minimum absolute atomic E-state index is 0.0133. The molecule has 0 atom stereocenters. The molecule has 11 heteroatoms. The van der Waals surface area contributed by atoms with E-state index in [1.165, 1.54) is 30.3 Å². The molecule has 0 heterocycles. The fraction of sp³-hybridized carbons (Fsp3) is 0. The quantitative estimate of drug-likeness (QED) is 0.301. The molecule has 2 aromatic carbocycles. The summed E-state index contributed by atoms with van der Waals surface area (Å²) in [7, 11) is -8.89. The van der Waals surface area contributed by atoms with Gasteiger partial charge in [0.25, 0.3) is 10.1 Å². The molecule has 0 aromatic heterocycles. The van der Waals surface area contributed by atoms with Crippen molar-refractivity contribution < 1.29 is 25.7 Å². The zero-order valence-electron chi connectivity index (χ0n) is 10.9. The monoisotopic (exact) mass is 345 g/mol. The van der Waals surface area contributed by atoms with Crippen LogP contribution in [0.1, 0.15) is 0 Å². The second-order valence-corrected chi connectivity index (χ2v) is 7.01. The van der Waals surface area contributed by atoms with E-state index in [1.54, 1.807) is 0 Å². The molecular weight excluding hydrogens is 334 g/mol. The van der Waals surface area contributed by atoms with Crippen LogP contribution in [0.5, 0.6) is 0 Å². The van der Waals surface area contributed by atoms with Gasteiger partial charge in [0.2, 0.25) is 5.96 Å². The summed E-state index contributed by atoms with van der Waals surface area (Å²) in [6.45, 7) is 0. The SMILES string of the molecule is NC(N)=NOS(=O)(=O)c1cccc2c(S(=O)(=O)O)cccc12. The molecular formula is C11H11N3O6S2. The normalized spacial score (nSPS) is 12.0. The van der Waals surface area contributed by atoms with Crippen LogP contribution in [0, 0.1) is 0 Å². The summed E-state index contributed by atoms with van der Waals surface area (Å²) in [6.07, 6.45) is 0. The molecule has 0 aliphatic carbocycles. The summed E-state index contributed by atoms with van der Waals surface area (Å²) in [5.74, 6) is -0.595. The van der Waals surface area contributed by atoms with E-state index in [9.17, 15) is 21.4 Å². The van der Waals surface area contributed by atoms with Crippen LogP contribution in [0.2, 0.25) is 0 Å². The summed E-state index contributed by atoms with van der Waals surface area (Å²) >= 11 is 0. The molecule has 118 valence electrons. The van der Waals surface area contributed by atoms with Crippen molar-refractivity contribution in [2.75, 3.05) is 0 Å². The molecule has 0 aliphatic heterocycles. The largest absolute Gasteiger partial charge is 0.367 e. The van der Waals surface area contributed by atoms with Crippen molar-refractivity contribution in [3.8, 4) is 0 Å². The molecule has 22 heavy (non-hydrogen) atoms. The van der Waals surface area contributed by atoms with Gasteiger partial charge in [-0.15, -0.1) is 0 Å². The Bertz CT molecular complexity index is 962. The van der Waals surface area contributed by atoms with Gasteiger partial charge in [-0.05, 0) is 17.3 Å². The number of hydrogen-bond acceptors (Lipinski definition) is 6. The average molecular weight is 345 g/mol. The second kappa shape index (κ2) is 5.44. The number of guanidine groups is 1. The lowest BCUT2D eigenvalue weighted by Crippen LogP contribution is -2.23. The maximum atomic E-state index is 12.1. The Morgan fingerprint density at radius 3 is 1.95 bits per heavy atom. The molecule has 5 N–H and O–H groups in total. The first kappa shape index (κ1) is 16.0. The van der Waals surface area contributed by atoms with Crippen LogP contribution in [-0.4, -0.2) is 27.3 Å². The highest BCUT2D eigenvalue weighted by Gasteiger charge is 2.22. The highest BCUT2D eigenvalue weighted by atomic mass is 32.2. The van der Waals surface area contributed by atoms with E-state index < -0.39 is 31.1 Å². The van der Waals surface area contributed by atoms with Gasteiger partial charge in [-0.25, -0.2) is 0 Å². The topological polar surface area (TPSA) is 162 Å². The summed E-state index contributed by atoms with van der Waals surface area (Å²) in [5.41, 5.74) is 9.99. The predicted molar refractivity (Wildman–Crippen MR) is 77.8 cm³/mol. The Balaban J connectivity index is 2.76. The predicted octanol–water partition coefficient (Wildman–Crippen LogP) is -0.0198. The third-order valence-corrected chi connectivity index (χ3v) is 4.71. The summed E-state index contributed by atoms with van der Waals surface area (Å²) < 4.78 is 60.3. The number of nitrogens with two attached hydrogens (primary N) is 2. The highest BCUT2D eigenvalue weighted by Crippen LogP contribution is 2.29. The van der Waals surface area contributed by atoms with Crippen molar-refractivity contribution in [3.05, 3.63) is 36.4 Å². The molecule has 0 saturated heterocycles. The van der Waals surface area contributed by atoms with Crippen molar-refractivity contribution in [2.45, 2.75) is 9.79 Å². The molecule has 0 radical (unpaired) electrons. The van der Waals surface area contributed by atoms with Gasteiger partial charge in [-0.1, -0.05) is 24.3 Å². The van der Waals surface area contributed by atoms with Crippen LogP contribution in [0.4, 0.5) is 0 Å². The first-order valence-electron chi connectivity index (χ1n) is 5.65. The van der Waals surface area contributed by atoms with Gasteiger partial charge in [-0.3, -0.25) is 8.84 Å². The van der Waals surface area contributed by atoms with Gasteiger partial charge in [0.1, 0.15) is 9.79 Å². The van der Waals surface area contributed by atoms with Gasteiger partial charge >= 0.3 is 10.1 Å². The van der Waals surface area contributed by atoms with Crippen molar-refractivity contribution >= 4 is 37.0 Å². The number of oxime groups is 1. The maximum absolute atomic E-state index is 12.1. The highest BCUT2D eigenvalue weighted by molar-refractivity contribution is 7.87. The lowest BCUT2D eigenvalue weighted by Gasteiger charge is -2.08. The van der Waals surface area contributed by atoms with Crippen LogP contribution in [0.3, 0.4) is 0 Å². The summed E-state index contributed by atoms with van der Waals surface area (Å²) in [6, 6.07) is 7.61. The van der Waals surface area contributed by atoms with E-state index in [4.69, 9.17) is 11.5 Å². The summed E-state index contributed by atoms with van der Waals surface area (Å²) in [5, 5.41) is 3.01. The van der Waals surface area contributed by atoms with Crippen molar-refractivity contribution in [1.29, 1.82) is 0 Å². The minimum Gasteiger partial charge on any atom is -0.367 e. The Morgan fingerprint density at radius 2 is 1.45 bits per heavy atom. The first-order valence-corrected chi connectivity index (χ1v) is 8.49. The fourth-order valence-electron chi connectivity index (χ4n) is 1.83. The minimum atomic E-state index is -4.52. The van der Waals surface area contributed by atoms with E-state index in [0.717, 1.165) is 6.07 Å². The number of benzene rings is 2. The molecule has 9 nitrogen and oxygen atoms in total. The molecule has 0 bridgehead atoms. The Kier molecular flexibility index (Phi) is 3.96. The van der Waals surface area contributed by atoms with Crippen molar-refractivity contribution in [3.63, 3.8) is 0 Å². The Hall–Kier alpha value is -2.37. The Morgan fingerprint density at radius 1 is 0.955 bits per heavy atom. The second-order valence-electron chi connectivity index (χ2n) is 4.13. The van der Waals surface area contributed by atoms with Crippen LogP contribution in [-0.2, 0) is 24.5 Å². The van der Waals surface area contributed by atoms with E-state index in [-0.39, 0.29) is 15.7 Å². The zero-order chi connectivity index (χ0) is 16.5. The van der Waals surface area contributed by atoms with Gasteiger partial charge in [0, 0.05) is 10.8 Å². The van der Waals surface area contributed by atoms with Gasteiger partial charge in [0.15, 0.2) is 0 Å². The number of nitrogens with zero attached hydrogens (tertiary/aromatic N) is 1. The lowest BCUT2D eigenvalue weighted by atomic mass is 10.1. The number of fused-ring (bicyclic) bond motifs is 1. The van der Waals surface area contributed by atoms with E-state index >= 15 is 0 Å². The molecule has 0 unspecified atom stereocenters. The Labute approximate surface area is 126 Å². The maximum Gasteiger partial charge on any atom is 0.359 e. The smallest absolute Gasteiger partial charge is 0.359 e. The van der Waals surface area contributed by atoms with Crippen LogP contribution < -0.4 is 11.5 Å². The van der Waals surface area contributed by atoms with Crippen LogP contribution in [0.15, 0.2) is 51.3 Å². The van der Waals surface area contributed by atoms with E-state index in [2.05, 4.69) is 9.44 Å². The molecule has 2 aromatic rings. The molecule has 0 fully saturated rings. The van der Waals surface area contributed by atoms with Gasteiger partial charge in [-0.2, -0.15) is 16.8 Å². The average Bonchev–Trinajstić information content (AvgIpc) is 2.43. The van der Waals surface area contributed by atoms with E-state index in [1.807, 2.05) is 0 Å². The van der Waals surface area contributed by atoms with Gasteiger partial charge < -0.3 is 11.5 Å². The fourth-order valence-corrected chi connectivity index (χ4v) is 3.49. The van der Waals surface area contributed by atoms with E-state index in [0.29, 0.717) is 0 Å². The van der Waals surface area contributed by atoms with Crippen molar-refractivity contribution in [1.82, 2.24) is 0 Å². The standard InChI is InChI=1S/C11H11N3O6S2/c12-11(13)14-20-22(18,19)10-6-2-3-7-8(10)4-1-5-9(7)21(15,16)17/h1-6H,(H4,12,13,14)(H,15,16,17). The first-order chi connectivity index (χ1) is 10.1. The van der Waals surface area contributed by atoms with Crippen molar-refractivity contribution in [2.24, 2.45) is 16.6 Å². The van der Waals surface area contributed by atoms with Gasteiger partial charge in [0.05, 0.1) is 0 Å². The molecule has 0 aliphatic rings. The molecule has 2 rings (SSSR count). The lowest BCUT2D eigenvalue weighted by molar-refractivity contribution is 0.338. The van der Waals surface area contributed by atoms with Crippen LogP contribution >= 0.6 is 0 Å². The summed E-state index contributed by atoms with van der Waals surface area (Å²) in [4.78, 5) is -0.774. The third-order valence-electron chi connectivity index (χ3n) is 2.63. The zero-order valence-corrected chi connectivity index (χ0v) is 12.5.